The second-order valence-corrected chi connectivity index (χ2v) is 14.2. The lowest BCUT2D eigenvalue weighted by Crippen LogP contribution is -2.43. The number of hydrogen-bond donors (Lipinski definition) is 0. The topological polar surface area (TPSA) is 88.6 Å². The number of ether oxygens (including phenoxy) is 2. The minimum absolute atomic E-state index is 0.107. The molecule has 55 heavy (non-hydrogen) atoms. The van der Waals surface area contributed by atoms with E-state index >= 15 is 0 Å². The van der Waals surface area contributed by atoms with Crippen LogP contribution < -0.4 is 0 Å². The van der Waals surface area contributed by atoms with Crippen LogP contribution in [0.1, 0.15) is 80.8 Å². The first kappa shape index (κ1) is 47.3. The molecule has 3 fully saturated rings. The van der Waals surface area contributed by atoms with Crippen LogP contribution in [0.4, 0.5) is 39.9 Å². The van der Waals surface area contributed by atoms with Crippen molar-refractivity contribution in [3.8, 4) is 0 Å². The van der Waals surface area contributed by atoms with Crippen molar-refractivity contribution in [1.29, 1.82) is 0 Å². The second-order valence-electron chi connectivity index (χ2n) is 14.2. The van der Waals surface area contributed by atoms with Gasteiger partial charge in [0.15, 0.2) is 5.78 Å². The van der Waals surface area contributed by atoms with Crippen LogP contribution in [0.5, 0.6) is 0 Å². The molecule has 0 bridgehead atoms. The number of carbonyl (C=O) groups excluding carboxylic acids is 3. The lowest BCUT2D eigenvalue weighted by molar-refractivity contribution is -0.174. The summed E-state index contributed by atoms with van der Waals surface area (Å²) < 4.78 is 111. The van der Waals surface area contributed by atoms with Gasteiger partial charge in [0.25, 0.3) is 0 Å². The van der Waals surface area contributed by atoms with E-state index in [0.29, 0.717) is 12.1 Å². The molecule has 0 aromatic heterocycles. The van der Waals surface area contributed by atoms with Gasteiger partial charge >= 0.3 is 18.4 Å². The second kappa shape index (κ2) is 21.5. The highest BCUT2D eigenvalue weighted by Gasteiger charge is 2.38. The van der Waals surface area contributed by atoms with Crippen molar-refractivity contribution in [3.05, 3.63) is 70.8 Å². The lowest BCUT2D eigenvalue weighted by atomic mass is 9.88. The normalized spacial score (nSPS) is 17.1. The summed E-state index contributed by atoms with van der Waals surface area (Å²) in [7, 11) is 5.27. The summed E-state index contributed by atoms with van der Waals surface area (Å²) in [5, 5.41) is 1.33. The molecule has 3 aliphatic rings. The molecule has 0 radical (unpaired) electrons. The molecular weight excluding hydrogens is 746 g/mol. The molecule has 2 aromatic rings. The van der Waals surface area contributed by atoms with Crippen molar-refractivity contribution in [2.75, 3.05) is 60.6 Å². The zero-order valence-corrected chi connectivity index (χ0v) is 32.0. The van der Waals surface area contributed by atoms with E-state index in [2.05, 4.69) is 11.9 Å². The molecule has 310 valence electrons. The number of halogens is 8. The number of carbonyl (C=O) groups is 3. The van der Waals surface area contributed by atoms with Crippen LogP contribution in [0.2, 0.25) is 0 Å². The van der Waals surface area contributed by atoms with Gasteiger partial charge in [-0.2, -0.15) is 26.3 Å². The predicted molar refractivity (Wildman–Crippen MR) is 188 cm³/mol. The summed E-state index contributed by atoms with van der Waals surface area (Å²) >= 11 is 0. The Morgan fingerprint density at radius 2 is 1.27 bits per heavy atom. The molecule has 3 saturated heterocycles. The number of hydroxylamine groups is 2. The minimum Gasteiger partial charge on any atom is -0.444 e. The van der Waals surface area contributed by atoms with Gasteiger partial charge in [0.1, 0.15) is 17.2 Å². The third-order valence-corrected chi connectivity index (χ3v) is 8.75. The van der Waals surface area contributed by atoms with Gasteiger partial charge in [0, 0.05) is 45.2 Å². The zero-order valence-electron chi connectivity index (χ0n) is 32.0. The molecule has 2 amide bonds. The first-order valence-corrected chi connectivity index (χ1v) is 17.8. The van der Waals surface area contributed by atoms with Crippen LogP contribution in [0.3, 0.4) is 0 Å². The Morgan fingerprint density at radius 3 is 1.71 bits per heavy atom. The molecule has 0 aliphatic carbocycles. The molecule has 9 nitrogen and oxygen atoms in total. The third kappa shape index (κ3) is 16.0. The van der Waals surface area contributed by atoms with Crippen molar-refractivity contribution in [1.82, 2.24) is 14.9 Å². The molecule has 0 N–H and O–H groups in total. The van der Waals surface area contributed by atoms with Crippen molar-refractivity contribution in [2.24, 2.45) is 11.8 Å². The SMILES string of the molecule is C1CCOC1.CC(C)(C)OC(=O)N1CCC(C(=O)c2cccc(C(F)(F)F)c2F)CC1.CON(C)C(=O)C1CCN(C)CC1.Fc1ccccc1C(F)(F)F. The van der Waals surface area contributed by atoms with Gasteiger partial charge in [-0.15, -0.1) is 0 Å². The Hall–Kier alpha value is -3.83. The van der Waals surface area contributed by atoms with Crippen molar-refractivity contribution >= 4 is 17.8 Å². The third-order valence-electron chi connectivity index (χ3n) is 8.75. The van der Waals surface area contributed by atoms with E-state index in [4.69, 9.17) is 14.3 Å². The minimum atomic E-state index is -4.86. The van der Waals surface area contributed by atoms with Gasteiger partial charge in [-0.05, 0) is 104 Å². The maximum absolute atomic E-state index is 14.1. The fourth-order valence-corrected chi connectivity index (χ4v) is 5.62. The number of rotatable bonds is 4. The fraction of sp³-hybridized carbons (Fsp3) is 0.605. The summed E-state index contributed by atoms with van der Waals surface area (Å²) in [6, 6.07) is 6.54. The Labute approximate surface area is 316 Å². The van der Waals surface area contributed by atoms with Crippen molar-refractivity contribution in [3.63, 3.8) is 0 Å². The molecule has 3 heterocycles. The molecule has 0 atom stereocenters. The number of alkyl halides is 6. The van der Waals surface area contributed by atoms with Gasteiger partial charge in [-0.3, -0.25) is 14.4 Å². The molecule has 0 saturated carbocycles. The number of nitrogens with zero attached hydrogens (tertiary/aromatic N) is 3. The number of likely N-dealkylation sites (tertiary alicyclic amines) is 2. The van der Waals surface area contributed by atoms with Gasteiger partial charge in [0.2, 0.25) is 5.91 Å². The summed E-state index contributed by atoms with van der Waals surface area (Å²) in [5.74, 6) is -3.82. The largest absolute Gasteiger partial charge is 0.444 e. The summed E-state index contributed by atoms with van der Waals surface area (Å²) in [4.78, 5) is 44.6. The predicted octanol–water partition coefficient (Wildman–Crippen LogP) is 8.66. The highest BCUT2D eigenvalue weighted by molar-refractivity contribution is 5.98. The standard InChI is InChI=1S/C18H21F4NO3.C9H18N2O2.C7H4F4.C4H8O/c1-17(2,3)26-16(25)23-9-7-11(8-10-23)15(24)12-5-4-6-13(14(12)19)18(20,21)22;1-10-6-4-8(5-7-10)9(12)11(2)13-3;8-6-4-2-1-3-5(6)7(9,10)11;1-2-4-5-3-1/h4-6,11H,7-10H2,1-3H3;8H,4-7H2,1-3H3;1-4H;1-4H2. The van der Waals surface area contributed by atoms with E-state index in [1.165, 1.54) is 36.0 Å². The average Bonchev–Trinajstić information content (AvgIpc) is 3.71. The molecular formula is C38H51F8N3O6. The van der Waals surface area contributed by atoms with E-state index in [9.17, 15) is 49.5 Å². The first-order chi connectivity index (χ1) is 25.6. The summed E-state index contributed by atoms with van der Waals surface area (Å²) in [5.41, 5.74) is -3.88. The average molecular weight is 798 g/mol. The van der Waals surface area contributed by atoms with Crippen molar-refractivity contribution < 1.29 is 63.8 Å². The Morgan fingerprint density at radius 1 is 0.764 bits per heavy atom. The molecule has 2 aromatic carbocycles. The van der Waals surface area contributed by atoms with Gasteiger partial charge in [-0.25, -0.2) is 18.6 Å². The van der Waals surface area contributed by atoms with Gasteiger partial charge in [-0.1, -0.05) is 18.2 Å². The van der Waals surface area contributed by atoms with Crippen LogP contribution in [-0.2, 0) is 31.5 Å². The number of ketones is 1. The highest BCUT2D eigenvalue weighted by Crippen LogP contribution is 2.34. The smallest absolute Gasteiger partial charge is 0.419 e. The maximum Gasteiger partial charge on any atom is 0.419 e. The van der Waals surface area contributed by atoms with E-state index in [1.54, 1.807) is 27.8 Å². The highest BCUT2D eigenvalue weighted by atomic mass is 19.4. The number of piperidine rings is 2. The fourth-order valence-electron chi connectivity index (χ4n) is 5.62. The van der Waals surface area contributed by atoms with Crippen molar-refractivity contribution in [2.45, 2.75) is 77.2 Å². The van der Waals surface area contributed by atoms with Crippen LogP contribution >= 0.6 is 0 Å². The first-order valence-electron chi connectivity index (χ1n) is 17.8. The van der Waals surface area contributed by atoms with E-state index in [0.717, 1.165) is 63.4 Å². The molecule has 0 spiro atoms. The quantitative estimate of drug-likeness (QED) is 0.174. The van der Waals surface area contributed by atoms with Crippen LogP contribution in [0, 0.1) is 23.5 Å². The van der Waals surface area contributed by atoms with Gasteiger partial charge < -0.3 is 19.3 Å². The van der Waals surface area contributed by atoms with E-state index in [1.807, 2.05) is 0 Å². The molecule has 0 unspecified atom stereocenters. The number of hydrogen-bond acceptors (Lipinski definition) is 7. The van der Waals surface area contributed by atoms with Crippen LogP contribution in [0.15, 0.2) is 42.5 Å². The summed E-state index contributed by atoms with van der Waals surface area (Å²) in [6.45, 7) is 9.67. The summed E-state index contributed by atoms with van der Waals surface area (Å²) in [6.07, 6.45) is -5.02. The maximum atomic E-state index is 14.1. The Kier molecular flexibility index (Phi) is 18.5. The lowest BCUT2D eigenvalue weighted by Gasteiger charge is -2.33. The van der Waals surface area contributed by atoms with Crippen LogP contribution in [-0.4, -0.2) is 98.8 Å². The number of benzene rings is 2. The molecule has 17 heteroatoms. The number of amides is 2. The van der Waals surface area contributed by atoms with E-state index < -0.39 is 64.1 Å². The molecule has 3 aliphatic heterocycles. The number of Topliss-reactive ketones (excluding diaryl/α,β-unsaturated/α-hetero) is 1. The Balaban J connectivity index is 0.000000297. The Bertz CT molecular complexity index is 1510. The monoisotopic (exact) mass is 797 g/mol. The van der Waals surface area contributed by atoms with Crippen LogP contribution in [0.25, 0.3) is 0 Å². The van der Waals surface area contributed by atoms with Gasteiger partial charge in [0.05, 0.1) is 23.8 Å². The zero-order chi connectivity index (χ0) is 41.6. The molecule has 5 rings (SSSR count). The van der Waals surface area contributed by atoms with E-state index in [-0.39, 0.29) is 37.8 Å².